The molecule has 252 valence electrons. The van der Waals surface area contributed by atoms with Crippen molar-refractivity contribution in [2.24, 2.45) is 5.73 Å². The number of carbonyl (C=O) groups is 2. The second-order valence-corrected chi connectivity index (χ2v) is 14.7. The van der Waals surface area contributed by atoms with Crippen LogP contribution >= 0.6 is 22.7 Å². The Hall–Kier alpha value is -4.27. The summed E-state index contributed by atoms with van der Waals surface area (Å²) in [6.45, 7) is 8.04. The molecule has 0 aliphatic heterocycles. The number of benzene rings is 3. The molecular formula is C35H40N6O4S3. The van der Waals surface area contributed by atoms with Gasteiger partial charge in [-0.15, -0.1) is 0 Å². The van der Waals surface area contributed by atoms with Gasteiger partial charge in [0.05, 0.1) is 27.0 Å². The van der Waals surface area contributed by atoms with Crippen molar-refractivity contribution in [3.05, 3.63) is 123 Å². The van der Waals surface area contributed by atoms with E-state index in [-0.39, 0.29) is 16.5 Å². The van der Waals surface area contributed by atoms with Crippen LogP contribution in [0, 0.1) is 20.8 Å². The second kappa shape index (κ2) is 17.8. The molecule has 0 spiro atoms. The number of aryl methyl sites for hydroxylation is 3. The molecule has 3 aromatic carbocycles. The highest BCUT2D eigenvalue weighted by Gasteiger charge is 2.16. The maximum absolute atomic E-state index is 12.6. The van der Waals surface area contributed by atoms with Crippen molar-refractivity contribution in [2.45, 2.75) is 38.5 Å². The lowest BCUT2D eigenvalue weighted by Crippen LogP contribution is -2.26. The first-order chi connectivity index (χ1) is 23.1. The first-order valence-electron chi connectivity index (χ1n) is 15.5. The SMILES string of the molecule is Cc1ccc(S(=O)(=O)NCCCNc2ncc(C(=O)c3ccccc3C)s2)cc1.Cc1ccccc1C(=O)c1cnc(NCCCN)s1. The molecule has 0 aliphatic carbocycles. The molecule has 0 saturated carbocycles. The zero-order valence-electron chi connectivity index (χ0n) is 27.2. The van der Waals surface area contributed by atoms with Crippen molar-refractivity contribution in [3.63, 3.8) is 0 Å². The lowest BCUT2D eigenvalue weighted by molar-refractivity contribution is 0.103. The average molecular weight is 705 g/mol. The molecule has 0 aliphatic rings. The van der Waals surface area contributed by atoms with Gasteiger partial charge in [0.2, 0.25) is 21.6 Å². The van der Waals surface area contributed by atoms with Gasteiger partial charge in [-0.2, -0.15) is 0 Å². The number of ketones is 2. The molecule has 5 N–H and O–H groups in total. The Balaban J connectivity index is 0.000000237. The Bertz CT molecular complexity index is 1920. The van der Waals surface area contributed by atoms with E-state index < -0.39 is 10.0 Å². The van der Waals surface area contributed by atoms with E-state index in [1.807, 2.05) is 69.3 Å². The normalized spacial score (nSPS) is 11.0. The third-order valence-electron chi connectivity index (χ3n) is 7.15. The molecule has 10 nitrogen and oxygen atoms in total. The Morgan fingerprint density at radius 1 is 0.688 bits per heavy atom. The quantitative estimate of drug-likeness (QED) is 0.0735. The minimum Gasteiger partial charge on any atom is -0.361 e. The topological polar surface area (TPSA) is 156 Å². The van der Waals surface area contributed by atoms with E-state index in [4.69, 9.17) is 5.73 Å². The highest BCUT2D eigenvalue weighted by Crippen LogP contribution is 2.24. The third-order valence-corrected chi connectivity index (χ3v) is 10.5. The van der Waals surface area contributed by atoms with Crippen molar-refractivity contribution in [1.29, 1.82) is 0 Å². The minimum absolute atomic E-state index is 0.0301. The highest BCUT2D eigenvalue weighted by molar-refractivity contribution is 7.89. The monoisotopic (exact) mass is 704 g/mol. The van der Waals surface area contributed by atoms with Gasteiger partial charge in [-0.05, 0) is 63.4 Å². The summed E-state index contributed by atoms with van der Waals surface area (Å²) in [5.74, 6) is -0.0121. The first-order valence-corrected chi connectivity index (χ1v) is 18.6. The van der Waals surface area contributed by atoms with E-state index in [0.29, 0.717) is 46.5 Å². The van der Waals surface area contributed by atoms with Gasteiger partial charge >= 0.3 is 0 Å². The Labute approximate surface area is 289 Å². The van der Waals surface area contributed by atoms with Gasteiger partial charge in [-0.1, -0.05) is 88.9 Å². The van der Waals surface area contributed by atoms with Crippen molar-refractivity contribution in [3.8, 4) is 0 Å². The summed E-state index contributed by atoms with van der Waals surface area (Å²) in [5.41, 5.74) is 9.77. The number of carbonyl (C=O) groups excluding carboxylic acids is 2. The lowest BCUT2D eigenvalue weighted by Gasteiger charge is -2.07. The number of rotatable bonds is 15. The van der Waals surface area contributed by atoms with Gasteiger partial charge in [-0.25, -0.2) is 23.1 Å². The van der Waals surface area contributed by atoms with Crippen LogP contribution in [0.5, 0.6) is 0 Å². The lowest BCUT2D eigenvalue weighted by atomic mass is 10.0. The fraction of sp³-hybridized carbons (Fsp3) is 0.257. The summed E-state index contributed by atoms with van der Waals surface area (Å²) in [7, 11) is -3.50. The molecule has 2 aromatic heterocycles. The van der Waals surface area contributed by atoms with Crippen LogP contribution in [-0.2, 0) is 10.0 Å². The number of hydrogen-bond donors (Lipinski definition) is 4. The van der Waals surface area contributed by atoms with Gasteiger partial charge in [0.1, 0.15) is 0 Å². The zero-order chi connectivity index (χ0) is 34.5. The fourth-order valence-electron chi connectivity index (χ4n) is 4.43. The maximum atomic E-state index is 12.6. The summed E-state index contributed by atoms with van der Waals surface area (Å²) >= 11 is 2.68. The minimum atomic E-state index is -3.50. The summed E-state index contributed by atoms with van der Waals surface area (Å²) in [4.78, 5) is 34.9. The van der Waals surface area contributed by atoms with E-state index in [1.54, 1.807) is 36.7 Å². The van der Waals surface area contributed by atoms with Crippen LogP contribution in [0.4, 0.5) is 10.3 Å². The molecule has 0 unspecified atom stereocenters. The fourth-order valence-corrected chi connectivity index (χ4v) is 7.10. The summed E-state index contributed by atoms with van der Waals surface area (Å²) in [5, 5.41) is 7.71. The Morgan fingerprint density at radius 2 is 1.17 bits per heavy atom. The van der Waals surface area contributed by atoms with Gasteiger partial charge in [0, 0.05) is 30.8 Å². The number of thiazole rings is 2. The van der Waals surface area contributed by atoms with E-state index in [0.717, 1.165) is 40.4 Å². The van der Waals surface area contributed by atoms with Crippen LogP contribution in [0.3, 0.4) is 0 Å². The molecule has 0 radical (unpaired) electrons. The number of sulfonamides is 1. The number of hydrogen-bond acceptors (Lipinski definition) is 11. The van der Waals surface area contributed by atoms with Gasteiger partial charge in [0.25, 0.3) is 0 Å². The largest absolute Gasteiger partial charge is 0.361 e. The number of nitrogens with zero attached hydrogens (tertiary/aromatic N) is 2. The number of nitrogens with two attached hydrogens (primary N) is 1. The molecule has 0 bridgehead atoms. The van der Waals surface area contributed by atoms with Gasteiger partial charge in [0.15, 0.2) is 10.3 Å². The van der Waals surface area contributed by atoms with Crippen LogP contribution in [-0.4, -0.2) is 56.1 Å². The van der Waals surface area contributed by atoms with Crippen LogP contribution in [0.25, 0.3) is 0 Å². The molecule has 0 saturated heterocycles. The average Bonchev–Trinajstić information content (AvgIpc) is 3.76. The van der Waals surface area contributed by atoms with E-state index in [1.165, 1.54) is 22.7 Å². The van der Waals surface area contributed by atoms with Crippen LogP contribution in [0.15, 0.2) is 90.1 Å². The number of aromatic nitrogens is 2. The van der Waals surface area contributed by atoms with Gasteiger partial charge in [-0.3, -0.25) is 9.59 Å². The van der Waals surface area contributed by atoms with Gasteiger partial charge < -0.3 is 16.4 Å². The Morgan fingerprint density at radius 3 is 1.65 bits per heavy atom. The zero-order valence-corrected chi connectivity index (χ0v) is 29.6. The van der Waals surface area contributed by atoms with Crippen LogP contribution < -0.4 is 21.1 Å². The third kappa shape index (κ3) is 10.4. The molecule has 0 amide bonds. The van der Waals surface area contributed by atoms with E-state index in [2.05, 4.69) is 25.3 Å². The summed E-state index contributed by atoms with van der Waals surface area (Å²) in [6.07, 6.45) is 4.68. The summed E-state index contributed by atoms with van der Waals surface area (Å²) < 4.78 is 27.1. The molecule has 48 heavy (non-hydrogen) atoms. The van der Waals surface area contributed by atoms with Crippen molar-refractivity contribution in [2.75, 3.05) is 36.8 Å². The smallest absolute Gasteiger partial charge is 0.240 e. The predicted octanol–water partition coefficient (Wildman–Crippen LogP) is 6.21. The molecular weight excluding hydrogens is 665 g/mol. The molecule has 0 fully saturated rings. The molecule has 0 atom stereocenters. The first kappa shape index (κ1) is 36.6. The maximum Gasteiger partial charge on any atom is 0.240 e. The van der Waals surface area contributed by atoms with Crippen molar-refractivity contribution < 1.29 is 18.0 Å². The van der Waals surface area contributed by atoms with E-state index >= 15 is 0 Å². The molecule has 2 heterocycles. The molecule has 5 rings (SSSR count). The number of anilines is 2. The highest BCUT2D eigenvalue weighted by atomic mass is 32.2. The van der Waals surface area contributed by atoms with Crippen LogP contribution in [0.2, 0.25) is 0 Å². The summed E-state index contributed by atoms with van der Waals surface area (Å²) in [6, 6.07) is 21.8. The van der Waals surface area contributed by atoms with Crippen molar-refractivity contribution >= 4 is 54.5 Å². The second-order valence-electron chi connectivity index (χ2n) is 10.9. The molecule has 13 heteroatoms. The number of nitrogens with one attached hydrogen (secondary N) is 3. The van der Waals surface area contributed by atoms with E-state index in [9.17, 15) is 18.0 Å². The Kier molecular flexibility index (Phi) is 13.5. The van der Waals surface area contributed by atoms with Crippen molar-refractivity contribution in [1.82, 2.24) is 14.7 Å². The predicted molar refractivity (Wildman–Crippen MR) is 195 cm³/mol. The standard InChI is InChI=1S/C21H23N3O3S2.C14H17N3OS/c1-15-8-10-17(11-9-15)29(26,27)24-13-5-12-22-21-23-14-19(28-21)20(25)18-7-4-3-6-16(18)2;1-10-5-2-3-6-11(10)13(18)12-9-17-14(19-12)16-8-4-7-15/h3-4,6-11,14,24H,5,12-13H2,1-2H3,(H,22,23);2-3,5-6,9H,4,7-8,15H2,1H3,(H,16,17). The van der Waals surface area contributed by atoms with Crippen LogP contribution in [0.1, 0.15) is 60.0 Å². The molecule has 5 aromatic rings.